The Bertz CT molecular complexity index is 800. The summed E-state index contributed by atoms with van der Waals surface area (Å²) in [4.78, 5) is 24.6. The predicted octanol–water partition coefficient (Wildman–Crippen LogP) is 3.31. The number of anilines is 1. The van der Waals surface area contributed by atoms with Crippen LogP contribution in [0.15, 0.2) is 35.1 Å². The fourth-order valence-electron chi connectivity index (χ4n) is 4.28. The van der Waals surface area contributed by atoms with Gasteiger partial charge in [-0.05, 0) is 56.3 Å². The summed E-state index contributed by atoms with van der Waals surface area (Å²) in [5, 5.41) is 0. The Hall–Kier alpha value is -2.14. The van der Waals surface area contributed by atoms with Crippen LogP contribution < -0.4 is 10.5 Å². The summed E-state index contributed by atoms with van der Waals surface area (Å²) in [7, 11) is 0. The molecule has 1 aromatic carbocycles. The van der Waals surface area contributed by atoms with Gasteiger partial charge in [0.2, 0.25) is 5.95 Å². The highest BCUT2D eigenvalue weighted by Gasteiger charge is 2.24. The fraction of sp³-hybridized carbons (Fsp3) is 0.545. The molecule has 1 aromatic heterocycles. The molecular weight excluding hydrogens is 336 g/mol. The largest absolute Gasteiger partial charge is 0.342 e. The lowest BCUT2D eigenvalue weighted by molar-refractivity contribution is 0.203. The van der Waals surface area contributed by atoms with Gasteiger partial charge in [-0.1, -0.05) is 31.2 Å². The van der Waals surface area contributed by atoms with Crippen LogP contribution in [0.1, 0.15) is 55.3 Å². The van der Waals surface area contributed by atoms with E-state index in [1.54, 1.807) is 6.07 Å². The van der Waals surface area contributed by atoms with Crippen LogP contribution in [0.3, 0.4) is 0 Å². The molecular formula is C22H30N4O. The van der Waals surface area contributed by atoms with Gasteiger partial charge in [0, 0.05) is 31.6 Å². The van der Waals surface area contributed by atoms with Gasteiger partial charge >= 0.3 is 0 Å². The molecule has 0 atom stereocenters. The maximum atomic E-state index is 12.1. The highest BCUT2D eigenvalue weighted by molar-refractivity contribution is 5.32. The van der Waals surface area contributed by atoms with Crippen LogP contribution in [0.4, 0.5) is 5.95 Å². The van der Waals surface area contributed by atoms with Gasteiger partial charge < -0.3 is 4.90 Å². The van der Waals surface area contributed by atoms with Crippen LogP contribution in [-0.4, -0.2) is 41.0 Å². The monoisotopic (exact) mass is 366 g/mol. The minimum atomic E-state index is -0.0136. The molecule has 2 aliphatic rings. The molecule has 5 heteroatoms. The second-order valence-electron chi connectivity index (χ2n) is 7.91. The van der Waals surface area contributed by atoms with E-state index >= 15 is 0 Å². The summed E-state index contributed by atoms with van der Waals surface area (Å²) in [5.74, 6) is 1.17. The van der Waals surface area contributed by atoms with Gasteiger partial charge in [0.15, 0.2) is 0 Å². The number of H-pyrrole nitrogens is 1. The highest BCUT2D eigenvalue weighted by atomic mass is 16.1. The van der Waals surface area contributed by atoms with Crippen LogP contribution in [0, 0.1) is 0 Å². The van der Waals surface area contributed by atoms with E-state index in [-0.39, 0.29) is 5.56 Å². The van der Waals surface area contributed by atoms with Crippen LogP contribution in [0.5, 0.6) is 0 Å². The Labute approximate surface area is 161 Å². The summed E-state index contributed by atoms with van der Waals surface area (Å²) in [6, 6.07) is 10.7. The number of aromatic nitrogens is 2. The normalized spacial score (nSPS) is 18.9. The molecule has 0 unspecified atom stereocenters. The van der Waals surface area contributed by atoms with Gasteiger partial charge in [-0.25, -0.2) is 4.98 Å². The minimum absolute atomic E-state index is 0.0136. The Morgan fingerprint density at radius 3 is 2.37 bits per heavy atom. The molecule has 4 rings (SSSR count). The van der Waals surface area contributed by atoms with Crippen LogP contribution >= 0.6 is 0 Å². The maximum Gasteiger partial charge on any atom is 0.252 e. The molecule has 3 heterocycles. The van der Waals surface area contributed by atoms with Gasteiger partial charge in [-0.2, -0.15) is 0 Å². The van der Waals surface area contributed by atoms with Crippen molar-refractivity contribution in [2.45, 2.75) is 51.5 Å². The fourth-order valence-corrected chi connectivity index (χ4v) is 4.28. The van der Waals surface area contributed by atoms with Gasteiger partial charge in [-0.15, -0.1) is 0 Å². The van der Waals surface area contributed by atoms with E-state index in [1.807, 2.05) is 0 Å². The average Bonchev–Trinajstić information content (AvgIpc) is 3.24. The smallest absolute Gasteiger partial charge is 0.252 e. The lowest BCUT2D eigenvalue weighted by Gasteiger charge is -2.32. The van der Waals surface area contributed by atoms with E-state index in [2.05, 4.69) is 46.0 Å². The zero-order valence-electron chi connectivity index (χ0n) is 16.3. The molecule has 144 valence electrons. The van der Waals surface area contributed by atoms with Crippen molar-refractivity contribution in [2.75, 3.05) is 31.1 Å². The number of aromatic amines is 1. The first-order valence-corrected chi connectivity index (χ1v) is 10.4. The predicted molar refractivity (Wildman–Crippen MR) is 109 cm³/mol. The number of nitrogens with zero attached hydrogens (tertiary/aromatic N) is 3. The molecule has 1 N–H and O–H groups in total. The molecule has 0 amide bonds. The Kier molecular flexibility index (Phi) is 5.58. The lowest BCUT2D eigenvalue weighted by Crippen LogP contribution is -2.33. The zero-order valence-corrected chi connectivity index (χ0v) is 16.3. The number of benzene rings is 1. The third-order valence-corrected chi connectivity index (χ3v) is 6.00. The van der Waals surface area contributed by atoms with Gasteiger partial charge in [0.1, 0.15) is 0 Å². The number of hydrogen-bond acceptors (Lipinski definition) is 4. The number of nitrogens with one attached hydrogen (secondary N) is 1. The van der Waals surface area contributed by atoms with E-state index in [0.29, 0.717) is 5.92 Å². The number of aryl methyl sites for hydroxylation is 1. The molecule has 5 nitrogen and oxygen atoms in total. The first kappa shape index (κ1) is 18.2. The maximum absolute atomic E-state index is 12.1. The molecule has 0 bridgehead atoms. The molecule has 0 aliphatic carbocycles. The van der Waals surface area contributed by atoms with E-state index in [1.165, 1.54) is 24.0 Å². The molecule has 2 saturated heterocycles. The summed E-state index contributed by atoms with van der Waals surface area (Å²) in [5.41, 5.74) is 3.75. The molecule has 27 heavy (non-hydrogen) atoms. The summed E-state index contributed by atoms with van der Waals surface area (Å²) in [6.45, 7) is 7.33. The van der Waals surface area contributed by atoms with Crippen molar-refractivity contribution >= 4 is 5.95 Å². The summed E-state index contributed by atoms with van der Waals surface area (Å²) < 4.78 is 0. The number of rotatable bonds is 5. The van der Waals surface area contributed by atoms with Crippen molar-refractivity contribution < 1.29 is 0 Å². The van der Waals surface area contributed by atoms with Crippen molar-refractivity contribution in [1.82, 2.24) is 14.9 Å². The minimum Gasteiger partial charge on any atom is -0.342 e. The average molecular weight is 367 g/mol. The zero-order chi connectivity index (χ0) is 18.6. The van der Waals surface area contributed by atoms with Crippen LogP contribution in [0.2, 0.25) is 0 Å². The second-order valence-corrected chi connectivity index (χ2v) is 7.91. The van der Waals surface area contributed by atoms with Crippen LogP contribution in [0.25, 0.3) is 0 Å². The van der Waals surface area contributed by atoms with E-state index in [0.717, 1.165) is 63.6 Å². The number of piperidine rings is 1. The van der Waals surface area contributed by atoms with E-state index in [9.17, 15) is 4.79 Å². The Morgan fingerprint density at radius 2 is 1.70 bits per heavy atom. The van der Waals surface area contributed by atoms with Crippen molar-refractivity contribution in [2.24, 2.45) is 0 Å². The SMILES string of the molecule is CCc1ccc(CN2CCC(c3cc(=O)[nH]c(N4CCCC4)n3)CC2)cc1. The summed E-state index contributed by atoms with van der Waals surface area (Å²) in [6.07, 6.45) is 5.61. The third-order valence-electron chi connectivity index (χ3n) is 6.00. The van der Waals surface area contributed by atoms with Gasteiger partial charge in [0.25, 0.3) is 5.56 Å². The highest BCUT2D eigenvalue weighted by Crippen LogP contribution is 2.28. The standard InChI is InChI=1S/C22H30N4O/c1-2-17-5-7-18(8-6-17)16-25-13-9-19(10-14-25)20-15-21(27)24-22(23-20)26-11-3-4-12-26/h5-8,15,19H,2-4,9-14,16H2,1H3,(H,23,24,27). The molecule has 0 saturated carbocycles. The van der Waals surface area contributed by atoms with Crippen molar-refractivity contribution in [1.29, 1.82) is 0 Å². The number of likely N-dealkylation sites (tertiary alicyclic amines) is 1. The lowest BCUT2D eigenvalue weighted by atomic mass is 9.93. The quantitative estimate of drug-likeness (QED) is 0.882. The van der Waals surface area contributed by atoms with Crippen molar-refractivity contribution in [3.8, 4) is 0 Å². The van der Waals surface area contributed by atoms with E-state index < -0.39 is 0 Å². The Morgan fingerprint density at radius 1 is 1.04 bits per heavy atom. The molecule has 0 radical (unpaired) electrons. The van der Waals surface area contributed by atoms with Crippen molar-refractivity contribution in [3.63, 3.8) is 0 Å². The summed E-state index contributed by atoms with van der Waals surface area (Å²) >= 11 is 0. The molecule has 2 aliphatic heterocycles. The van der Waals surface area contributed by atoms with Crippen LogP contribution in [-0.2, 0) is 13.0 Å². The second kappa shape index (κ2) is 8.26. The van der Waals surface area contributed by atoms with Gasteiger partial charge in [0.05, 0.1) is 5.69 Å². The van der Waals surface area contributed by atoms with E-state index in [4.69, 9.17) is 4.98 Å². The number of hydrogen-bond donors (Lipinski definition) is 1. The molecule has 0 spiro atoms. The van der Waals surface area contributed by atoms with Crippen molar-refractivity contribution in [3.05, 3.63) is 57.5 Å². The Balaban J connectivity index is 1.38. The first-order chi connectivity index (χ1) is 13.2. The topological polar surface area (TPSA) is 52.2 Å². The molecule has 2 aromatic rings. The first-order valence-electron chi connectivity index (χ1n) is 10.4. The molecule has 2 fully saturated rings. The third kappa shape index (κ3) is 4.41. The van der Waals surface area contributed by atoms with Gasteiger partial charge in [-0.3, -0.25) is 14.7 Å².